The molecule has 0 unspecified atom stereocenters. The topological polar surface area (TPSA) is 61.6 Å². The van der Waals surface area contributed by atoms with Gasteiger partial charge in [0.15, 0.2) is 5.58 Å². The van der Waals surface area contributed by atoms with Crippen LogP contribution >= 0.6 is 0 Å². The summed E-state index contributed by atoms with van der Waals surface area (Å²) < 4.78 is 5.60. The Balaban J connectivity index is 1.32. The Morgan fingerprint density at radius 2 is 2.07 bits per heavy atom. The van der Waals surface area contributed by atoms with Gasteiger partial charge < -0.3 is 9.73 Å². The van der Waals surface area contributed by atoms with Crippen molar-refractivity contribution in [1.82, 2.24) is 20.1 Å². The molecule has 0 radical (unpaired) electrons. The summed E-state index contributed by atoms with van der Waals surface area (Å²) in [6.07, 6.45) is 8.16. The number of furan rings is 1. The Morgan fingerprint density at radius 1 is 1.28 bits per heavy atom. The Bertz CT molecular complexity index is 956. The molecule has 6 rings (SSSR count). The van der Waals surface area contributed by atoms with Gasteiger partial charge in [0.05, 0.1) is 18.3 Å². The van der Waals surface area contributed by atoms with Gasteiger partial charge in [-0.05, 0) is 70.8 Å². The van der Waals surface area contributed by atoms with E-state index in [0.29, 0.717) is 23.2 Å². The van der Waals surface area contributed by atoms with Gasteiger partial charge in [0.25, 0.3) is 5.91 Å². The quantitative estimate of drug-likeness (QED) is 0.814. The van der Waals surface area contributed by atoms with Gasteiger partial charge in [-0.2, -0.15) is 0 Å². The second kappa shape index (κ2) is 7.81. The third-order valence-corrected chi connectivity index (χ3v) is 6.89. The summed E-state index contributed by atoms with van der Waals surface area (Å²) in [5, 5.41) is 4.12. The minimum absolute atomic E-state index is 0.102. The fourth-order valence-corrected chi connectivity index (χ4v) is 5.11. The zero-order chi connectivity index (χ0) is 19.8. The van der Waals surface area contributed by atoms with Gasteiger partial charge in [-0.15, -0.1) is 0 Å². The van der Waals surface area contributed by atoms with Gasteiger partial charge in [0, 0.05) is 17.5 Å². The van der Waals surface area contributed by atoms with Crippen molar-refractivity contribution in [2.45, 2.75) is 44.7 Å². The summed E-state index contributed by atoms with van der Waals surface area (Å²) in [5.41, 5.74) is 1.93. The first-order chi connectivity index (χ1) is 14.2. The van der Waals surface area contributed by atoms with Crippen LogP contribution in [0.1, 0.15) is 48.7 Å². The first-order valence-electron chi connectivity index (χ1n) is 10.8. The summed E-state index contributed by atoms with van der Waals surface area (Å²) >= 11 is 0. The molecule has 1 amide bonds. The number of likely N-dealkylation sites (tertiary alicyclic amines) is 1. The maximum absolute atomic E-state index is 12.9. The molecule has 1 N–H and O–H groups in total. The van der Waals surface area contributed by atoms with Gasteiger partial charge in [-0.1, -0.05) is 11.8 Å². The largest absolute Gasteiger partial charge is 0.461 e. The Kier molecular flexibility index (Phi) is 5.03. The standard InChI is InChI=1S/C23H28N4O2/c1-16-22(17-6-11-27(16)12-7-17)25-23(28)20-13-19-18(15-29-21(19)14-24-20)5-4-10-26-8-2-3-9-26/h13-17,22H,2-3,6-12H2,1H3,(H,25,28)/t16-,22-/m0/s1. The van der Waals surface area contributed by atoms with Crippen LogP contribution in [-0.2, 0) is 0 Å². The molecular weight excluding hydrogens is 364 g/mol. The van der Waals surface area contributed by atoms with E-state index in [1.54, 1.807) is 12.5 Å². The van der Waals surface area contributed by atoms with E-state index in [4.69, 9.17) is 4.42 Å². The van der Waals surface area contributed by atoms with E-state index in [1.165, 1.54) is 25.7 Å². The number of hydrogen-bond donors (Lipinski definition) is 1. The molecule has 2 aromatic rings. The number of amides is 1. The molecule has 0 saturated carbocycles. The first kappa shape index (κ1) is 18.7. The number of rotatable bonds is 3. The van der Waals surface area contributed by atoms with E-state index in [0.717, 1.165) is 43.7 Å². The lowest BCUT2D eigenvalue weighted by atomic mass is 9.79. The molecule has 2 bridgehead atoms. The first-order valence-corrected chi connectivity index (χ1v) is 10.8. The Morgan fingerprint density at radius 3 is 2.83 bits per heavy atom. The second-order valence-corrected chi connectivity index (χ2v) is 8.61. The molecule has 4 fully saturated rings. The van der Waals surface area contributed by atoms with E-state index < -0.39 is 0 Å². The van der Waals surface area contributed by atoms with Crippen molar-refractivity contribution in [3.8, 4) is 11.8 Å². The molecule has 2 atom stereocenters. The lowest BCUT2D eigenvalue weighted by Crippen LogP contribution is -2.62. The highest BCUT2D eigenvalue weighted by atomic mass is 16.3. The van der Waals surface area contributed by atoms with Crippen LogP contribution in [0.5, 0.6) is 0 Å². The molecule has 4 saturated heterocycles. The van der Waals surface area contributed by atoms with E-state index in [2.05, 4.69) is 38.9 Å². The second-order valence-electron chi connectivity index (χ2n) is 8.61. The lowest BCUT2D eigenvalue weighted by Gasteiger charge is -2.49. The summed E-state index contributed by atoms with van der Waals surface area (Å²) in [6, 6.07) is 2.41. The number of pyridine rings is 1. The van der Waals surface area contributed by atoms with Gasteiger partial charge in [-0.3, -0.25) is 14.6 Å². The minimum Gasteiger partial charge on any atom is -0.461 e. The third kappa shape index (κ3) is 3.65. The van der Waals surface area contributed by atoms with Crippen LogP contribution in [-0.4, -0.2) is 65.5 Å². The van der Waals surface area contributed by atoms with Gasteiger partial charge in [-0.25, -0.2) is 4.98 Å². The number of piperidine rings is 3. The fraction of sp³-hybridized carbons (Fsp3) is 0.565. The molecule has 0 aliphatic carbocycles. The van der Waals surface area contributed by atoms with Crippen molar-refractivity contribution < 1.29 is 9.21 Å². The average Bonchev–Trinajstić information content (AvgIpc) is 3.41. The van der Waals surface area contributed by atoms with Crippen LogP contribution in [0.3, 0.4) is 0 Å². The Labute approximate surface area is 171 Å². The van der Waals surface area contributed by atoms with Crippen LogP contribution in [0, 0.1) is 17.8 Å². The average molecular weight is 393 g/mol. The van der Waals surface area contributed by atoms with Crippen LogP contribution in [0.2, 0.25) is 0 Å². The number of nitrogens with zero attached hydrogens (tertiary/aromatic N) is 3. The maximum atomic E-state index is 12.9. The molecule has 4 aliphatic heterocycles. The Hall–Kier alpha value is -2.36. The molecule has 6 heterocycles. The fourth-order valence-electron chi connectivity index (χ4n) is 5.11. The monoisotopic (exact) mass is 392 g/mol. The smallest absolute Gasteiger partial charge is 0.270 e. The summed E-state index contributed by atoms with van der Waals surface area (Å²) in [4.78, 5) is 22.1. The summed E-state index contributed by atoms with van der Waals surface area (Å²) in [7, 11) is 0. The van der Waals surface area contributed by atoms with Crippen molar-refractivity contribution in [1.29, 1.82) is 0 Å². The number of aromatic nitrogens is 1. The zero-order valence-electron chi connectivity index (χ0n) is 17.0. The minimum atomic E-state index is -0.102. The molecule has 6 nitrogen and oxygen atoms in total. The summed E-state index contributed by atoms with van der Waals surface area (Å²) in [5.74, 6) is 6.94. The van der Waals surface area contributed by atoms with Crippen LogP contribution in [0.4, 0.5) is 0 Å². The van der Waals surface area contributed by atoms with Crippen molar-refractivity contribution >= 4 is 16.9 Å². The zero-order valence-corrected chi connectivity index (χ0v) is 17.0. The van der Waals surface area contributed by atoms with Crippen LogP contribution in [0.25, 0.3) is 11.0 Å². The van der Waals surface area contributed by atoms with Crippen LogP contribution < -0.4 is 5.32 Å². The molecule has 2 aromatic heterocycles. The molecular formula is C23H28N4O2. The number of fused-ring (bicyclic) bond motifs is 4. The number of hydrogen-bond acceptors (Lipinski definition) is 5. The molecule has 6 heteroatoms. The lowest BCUT2D eigenvalue weighted by molar-refractivity contribution is 0.0216. The van der Waals surface area contributed by atoms with E-state index >= 15 is 0 Å². The molecule has 152 valence electrons. The van der Waals surface area contributed by atoms with Gasteiger partial charge >= 0.3 is 0 Å². The highest BCUT2D eigenvalue weighted by Gasteiger charge is 2.40. The maximum Gasteiger partial charge on any atom is 0.270 e. The number of carbonyl (C=O) groups excluding carboxylic acids is 1. The molecule has 0 aromatic carbocycles. The third-order valence-electron chi connectivity index (χ3n) is 6.89. The normalized spacial score (nSPS) is 29.0. The van der Waals surface area contributed by atoms with Crippen molar-refractivity contribution in [2.24, 2.45) is 5.92 Å². The predicted octanol–water partition coefficient (Wildman–Crippen LogP) is 2.49. The van der Waals surface area contributed by atoms with Crippen molar-refractivity contribution in [3.63, 3.8) is 0 Å². The van der Waals surface area contributed by atoms with Gasteiger partial charge in [0.2, 0.25) is 0 Å². The molecule has 29 heavy (non-hydrogen) atoms. The van der Waals surface area contributed by atoms with Crippen molar-refractivity contribution in [2.75, 3.05) is 32.7 Å². The number of carbonyl (C=O) groups is 1. The van der Waals surface area contributed by atoms with Gasteiger partial charge in [0.1, 0.15) is 12.0 Å². The highest BCUT2D eigenvalue weighted by molar-refractivity contribution is 5.97. The molecule has 4 aliphatic rings. The predicted molar refractivity (Wildman–Crippen MR) is 112 cm³/mol. The van der Waals surface area contributed by atoms with Crippen molar-refractivity contribution in [3.05, 3.63) is 29.8 Å². The summed E-state index contributed by atoms with van der Waals surface area (Å²) in [6.45, 7) is 7.56. The van der Waals surface area contributed by atoms with E-state index in [-0.39, 0.29) is 11.9 Å². The van der Waals surface area contributed by atoms with E-state index in [1.807, 2.05) is 6.07 Å². The van der Waals surface area contributed by atoms with E-state index in [9.17, 15) is 4.79 Å². The molecule has 0 spiro atoms. The number of nitrogens with one attached hydrogen (secondary N) is 1. The highest BCUT2D eigenvalue weighted by Crippen LogP contribution is 2.32. The van der Waals surface area contributed by atoms with Crippen LogP contribution in [0.15, 0.2) is 22.9 Å². The SMILES string of the molecule is C[C@H]1[C@H](NC(=O)c2cc3c(C#CCN4CCCC4)coc3cn2)C2CCN1CC2.